The maximum absolute atomic E-state index is 12.3. The summed E-state index contributed by atoms with van der Waals surface area (Å²) in [7, 11) is 0. The van der Waals surface area contributed by atoms with Crippen molar-refractivity contribution in [1.82, 2.24) is 5.32 Å². The normalized spacial score (nSPS) is 23.7. The summed E-state index contributed by atoms with van der Waals surface area (Å²) in [6.07, 6.45) is 4.25. The molecule has 2 aromatic carbocycles. The van der Waals surface area contributed by atoms with Crippen molar-refractivity contribution in [2.24, 2.45) is 0 Å². The number of amides is 1. The number of anilines is 1. The Hall–Kier alpha value is -2.07. The highest BCUT2D eigenvalue weighted by Gasteiger charge is 2.59. The van der Waals surface area contributed by atoms with E-state index in [0.717, 1.165) is 15.7 Å². The number of rotatable bonds is 2. The van der Waals surface area contributed by atoms with Crippen LogP contribution >= 0.6 is 15.9 Å². The fourth-order valence-electron chi connectivity index (χ4n) is 4.11. The van der Waals surface area contributed by atoms with Gasteiger partial charge in [-0.3, -0.25) is 4.79 Å². The second-order valence-corrected chi connectivity index (χ2v) is 8.35. The Balaban J connectivity index is 1.85. The second kappa shape index (κ2) is 5.46. The molecule has 2 aromatic rings. The summed E-state index contributed by atoms with van der Waals surface area (Å²) >= 11 is 3.52. The Bertz CT molecular complexity index is 903. The van der Waals surface area contributed by atoms with E-state index in [9.17, 15) is 4.79 Å². The van der Waals surface area contributed by atoms with E-state index in [0.29, 0.717) is 6.54 Å². The Labute approximate surface area is 156 Å². The molecular formula is C21H21BrN2O. The van der Waals surface area contributed by atoms with Gasteiger partial charge in [0, 0.05) is 15.6 Å². The zero-order chi connectivity index (χ0) is 17.8. The Morgan fingerprint density at radius 3 is 2.76 bits per heavy atom. The van der Waals surface area contributed by atoms with Crippen molar-refractivity contribution in [1.29, 1.82) is 0 Å². The van der Waals surface area contributed by atoms with Crippen molar-refractivity contribution in [2.75, 3.05) is 11.4 Å². The number of carbonyl (C=O) groups excluding carboxylic acids is 1. The van der Waals surface area contributed by atoms with Crippen LogP contribution in [0.4, 0.5) is 5.69 Å². The molecule has 128 valence electrons. The molecule has 0 saturated carbocycles. The van der Waals surface area contributed by atoms with E-state index in [1.165, 1.54) is 11.1 Å². The van der Waals surface area contributed by atoms with E-state index in [-0.39, 0.29) is 11.3 Å². The number of benzene rings is 2. The van der Waals surface area contributed by atoms with Crippen LogP contribution in [-0.2, 0) is 10.2 Å². The summed E-state index contributed by atoms with van der Waals surface area (Å²) < 4.78 is 1.05. The molecule has 1 atom stereocenters. The predicted octanol–water partition coefficient (Wildman–Crippen LogP) is 4.39. The van der Waals surface area contributed by atoms with E-state index in [1.54, 1.807) is 0 Å². The molecule has 3 nitrogen and oxygen atoms in total. The topological polar surface area (TPSA) is 32.3 Å². The molecule has 1 amide bonds. The van der Waals surface area contributed by atoms with E-state index in [2.05, 4.69) is 89.4 Å². The molecule has 0 spiro atoms. The smallest absolute Gasteiger partial charge is 0.241 e. The SMILES string of the molecule is Cc1ccc2c(c1)C(C)(C)C1(/C=C/c3cccc(Br)c3)NC(=O)CN21. The number of carbonyl (C=O) groups is 1. The monoisotopic (exact) mass is 396 g/mol. The van der Waals surface area contributed by atoms with Crippen LogP contribution in [0.25, 0.3) is 6.08 Å². The number of halogens is 1. The molecule has 2 heterocycles. The first-order chi connectivity index (χ1) is 11.8. The third kappa shape index (κ3) is 2.35. The molecule has 2 aliphatic rings. The van der Waals surface area contributed by atoms with Crippen LogP contribution in [0.15, 0.2) is 53.0 Å². The van der Waals surface area contributed by atoms with Crippen molar-refractivity contribution in [2.45, 2.75) is 31.8 Å². The summed E-state index contributed by atoms with van der Waals surface area (Å²) in [5, 5.41) is 3.26. The fraction of sp³-hybridized carbons (Fsp3) is 0.286. The Morgan fingerprint density at radius 2 is 2.00 bits per heavy atom. The van der Waals surface area contributed by atoms with E-state index in [1.807, 2.05) is 12.1 Å². The minimum atomic E-state index is -0.539. The van der Waals surface area contributed by atoms with Gasteiger partial charge in [0.1, 0.15) is 5.66 Å². The Kier molecular flexibility index (Phi) is 3.58. The molecule has 1 N–H and O–H groups in total. The lowest BCUT2D eigenvalue weighted by Crippen LogP contribution is -2.58. The van der Waals surface area contributed by atoms with Gasteiger partial charge in [0.05, 0.1) is 6.54 Å². The molecule has 0 bridgehead atoms. The zero-order valence-corrected chi connectivity index (χ0v) is 16.2. The first kappa shape index (κ1) is 16.4. The molecule has 0 aliphatic carbocycles. The third-order valence-corrected chi connectivity index (χ3v) is 5.99. The van der Waals surface area contributed by atoms with Crippen LogP contribution in [-0.4, -0.2) is 18.1 Å². The van der Waals surface area contributed by atoms with Gasteiger partial charge in [0.2, 0.25) is 5.91 Å². The molecule has 4 rings (SSSR count). The highest BCUT2D eigenvalue weighted by molar-refractivity contribution is 9.10. The number of nitrogens with zero attached hydrogens (tertiary/aromatic N) is 1. The summed E-state index contributed by atoms with van der Waals surface area (Å²) in [4.78, 5) is 14.5. The van der Waals surface area contributed by atoms with Gasteiger partial charge in [-0.05, 0) is 42.3 Å². The number of fused-ring (bicyclic) bond motifs is 3. The molecular weight excluding hydrogens is 376 g/mol. The van der Waals surface area contributed by atoms with E-state index < -0.39 is 5.66 Å². The van der Waals surface area contributed by atoms with Crippen LogP contribution in [0.1, 0.15) is 30.5 Å². The predicted molar refractivity (Wildman–Crippen MR) is 106 cm³/mol. The molecule has 25 heavy (non-hydrogen) atoms. The van der Waals surface area contributed by atoms with Crippen molar-refractivity contribution in [3.63, 3.8) is 0 Å². The summed E-state index contributed by atoms with van der Waals surface area (Å²) in [6.45, 7) is 6.93. The average Bonchev–Trinajstić information content (AvgIpc) is 2.98. The molecule has 1 saturated heterocycles. The summed E-state index contributed by atoms with van der Waals surface area (Å²) in [6, 6.07) is 14.7. The third-order valence-electron chi connectivity index (χ3n) is 5.49. The van der Waals surface area contributed by atoms with Gasteiger partial charge >= 0.3 is 0 Å². The maximum atomic E-state index is 12.3. The number of hydrogen-bond acceptors (Lipinski definition) is 2. The van der Waals surface area contributed by atoms with Gasteiger partial charge < -0.3 is 10.2 Å². The molecule has 1 fully saturated rings. The maximum Gasteiger partial charge on any atom is 0.241 e. The Morgan fingerprint density at radius 1 is 1.20 bits per heavy atom. The van der Waals surface area contributed by atoms with Crippen LogP contribution in [0.3, 0.4) is 0 Å². The summed E-state index contributed by atoms with van der Waals surface area (Å²) in [5.41, 5.74) is 4.00. The van der Waals surface area contributed by atoms with Crippen LogP contribution < -0.4 is 10.2 Å². The van der Waals surface area contributed by atoms with Crippen molar-refractivity contribution in [3.8, 4) is 0 Å². The highest BCUT2D eigenvalue weighted by Crippen LogP contribution is 2.53. The van der Waals surface area contributed by atoms with Gasteiger partial charge in [0.25, 0.3) is 0 Å². The minimum Gasteiger partial charge on any atom is -0.335 e. The summed E-state index contributed by atoms with van der Waals surface area (Å²) in [5.74, 6) is 0.0678. The van der Waals surface area contributed by atoms with Gasteiger partial charge in [-0.1, -0.05) is 65.7 Å². The number of aryl methyl sites for hydroxylation is 1. The first-order valence-corrected chi connectivity index (χ1v) is 9.27. The number of nitrogens with one attached hydrogen (secondary N) is 1. The van der Waals surface area contributed by atoms with E-state index >= 15 is 0 Å². The second-order valence-electron chi connectivity index (χ2n) is 7.43. The average molecular weight is 397 g/mol. The van der Waals surface area contributed by atoms with Crippen LogP contribution in [0.5, 0.6) is 0 Å². The zero-order valence-electron chi connectivity index (χ0n) is 14.6. The van der Waals surface area contributed by atoms with Crippen molar-refractivity contribution >= 4 is 33.6 Å². The van der Waals surface area contributed by atoms with Gasteiger partial charge in [-0.2, -0.15) is 0 Å². The molecule has 0 radical (unpaired) electrons. The van der Waals surface area contributed by atoms with Crippen molar-refractivity contribution < 1.29 is 4.79 Å². The minimum absolute atomic E-state index is 0.0678. The van der Waals surface area contributed by atoms with Gasteiger partial charge in [-0.15, -0.1) is 0 Å². The number of hydrogen-bond donors (Lipinski definition) is 1. The standard InChI is InChI=1S/C21H21BrN2O/c1-14-7-8-18-17(11-14)20(2,3)21(23-19(25)13-24(18)21)10-9-15-5-4-6-16(22)12-15/h4-12H,13H2,1-3H3,(H,23,25)/b10-9+. The first-order valence-electron chi connectivity index (χ1n) is 8.48. The molecule has 2 aliphatic heterocycles. The fourth-order valence-corrected chi connectivity index (χ4v) is 4.53. The van der Waals surface area contributed by atoms with Crippen LogP contribution in [0.2, 0.25) is 0 Å². The molecule has 1 unspecified atom stereocenters. The largest absolute Gasteiger partial charge is 0.335 e. The van der Waals surface area contributed by atoms with Gasteiger partial charge in [-0.25, -0.2) is 0 Å². The van der Waals surface area contributed by atoms with Crippen LogP contribution in [0, 0.1) is 6.92 Å². The lowest BCUT2D eigenvalue weighted by Gasteiger charge is -2.40. The molecule has 0 aromatic heterocycles. The van der Waals surface area contributed by atoms with Crippen molar-refractivity contribution in [3.05, 3.63) is 69.7 Å². The quantitative estimate of drug-likeness (QED) is 0.815. The van der Waals surface area contributed by atoms with Gasteiger partial charge in [0.15, 0.2) is 0 Å². The van der Waals surface area contributed by atoms with E-state index in [4.69, 9.17) is 0 Å². The molecule has 4 heteroatoms. The lowest BCUT2D eigenvalue weighted by molar-refractivity contribution is -0.118. The lowest BCUT2D eigenvalue weighted by atomic mass is 9.75. The highest BCUT2D eigenvalue weighted by atomic mass is 79.9.